The Morgan fingerprint density at radius 1 is 1.00 bits per heavy atom. The minimum atomic E-state index is -0.650. The van der Waals surface area contributed by atoms with E-state index in [2.05, 4.69) is 20.8 Å². The summed E-state index contributed by atoms with van der Waals surface area (Å²) in [5, 5.41) is 10.5. The maximum absolute atomic E-state index is 13.6. The highest BCUT2D eigenvalue weighted by molar-refractivity contribution is 7.96. The van der Waals surface area contributed by atoms with Crippen molar-refractivity contribution in [3.63, 3.8) is 0 Å². The molecule has 2 aliphatic rings. The number of hydrogen-bond donors (Lipinski definition) is 3. The van der Waals surface area contributed by atoms with Gasteiger partial charge in [-0.15, -0.1) is 0 Å². The third-order valence-corrected chi connectivity index (χ3v) is 7.88. The molecule has 2 aromatic carbocycles. The molecule has 0 saturated carbocycles. The van der Waals surface area contributed by atoms with E-state index in [1.165, 1.54) is 0 Å². The van der Waals surface area contributed by atoms with Crippen LogP contribution < -0.4 is 11.1 Å². The Balaban J connectivity index is 1.51. The van der Waals surface area contributed by atoms with Crippen molar-refractivity contribution in [3.8, 4) is 0 Å². The molecule has 0 aromatic heterocycles. The minimum absolute atomic E-state index is 0.0687. The largest absolute Gasteiger partial charge is 0.462 e. The van der Waals surface area contributed by atoms with Gasteiger partial charge in [0.05, 0.1) is 12.2 Å². The number of ether oxygens (including phenoxy) is 1. The van der Waals surface area contributed by atoms with Crippen LogP contribution in [-0.4, -0.2) is 95.4 Å². The molecule has 2 amide bonds. The Morgan fingerprint density at radius 3 is 2.18 bits per heavy atom. The van der Waals surface area contributed by atoms with Gasteiger partial charge in [0, 0.05) is 55.6 Å². The number of amidine groups is 1. The fraction of sp³-hybridized carbons (Fsp3) is 0.407. The Morgan fingerprint density at radius 2 is 1.61 bits per heavy atom. The monoisotopic (exact) mass is 538 g/mol. The SMILES string of the molecule is CCOC(=O)c1ccc(NC(=O)[C@@H]2C[C@H](N3CCN(SC)CC3)CN2C(=O)c2ccc(C(=N)N)cc2)cc1. The van der Waals surface area contributed by atoms with Gasteiger partial charge < -0.3 is 20.7 Å². The third kappa shape index (κ3) is 6.35. The van der Waals surface area contributed by atoms with Gasteiger partial charge in [0.1, 0.15) is 11.9 Å². The van der Waals surface area contributed by atoms with Crippen LogP contribution in [0, 0.1) is 5.41 Å². The number of rotatable bonds is 8. The second kappa shape index (κ2) is 12.4. The van der Waals surface area contributed by atoms with Crippen LogP contribution in [0.2, 0.25) is 0 Å². The number of nitrogen functional groups attached to an aromatic ring is 1. The molecule has 10 nitrogen and oxygen atoms in total. The molecular weight excluding hydrogens is 504 g/mol. The summed E-state index contributed by atoms with van der Waals surface area (Å²) in [6.45, 7) is 6.10. The first-order valence-corrected chi connectivity index (χ1v) is 13.9. The number of anilines is 1. The molecule has 2 fully saturated rings. The van der Waals surface area contributed by atoms with Gasteiger partial charge in [-0.05, 0) is 56.0 Å². The Hall–Kier alpha value is -3.41. The second-order valence-electron chi connectivity index (χ2n) is 9.29. The topological polar surface area (TPSA) is 132 Å². The number of carbonyl (C=O) groups excluding carboxylic acids is 3. The van der Waals surface area contributed by atoms with Crippen molar-refractivity contribution in [3.05, 3.63) is 65.2 Å². The van der Waals surface area contributed by atoms with Gasteiger partial charge in [-0.25, -0.2) is 9.10 Å². The van der Waals surface area contributed by atoms with Crippen LogP contribution in [0.5, 0.6) is 0 Å². The summed E-state index contributed by atoms with van der Waals surface area (Å²) >= 11 is 1.73. The molecule has 0 spiro atoms. The first-order valence-electron chi connectivity index (χ1n) is 12.7. The van der Waals surface area contributed by atoms with Crippen molar-refractivity contribution < 1.29 is 19.1 Å². The van der Waals surface area contributed by atoms with E-state index in [-0.39, 0.29) is 30.3 Å². The Bertz CT molecular complexity index is 1170. The molecule has 2 heterocycles. The van der Waals surface area contributed by atoms with E-state index in [4.69, 9.17) is 15.9 Å². The van der Waals surface area contributed by atoms with Crippen molar-refractivity contribution in [2.24, 2.45) is 5.73 Å². The Labute approximate surface area is 227 Å². The molecule has 2 saturated heterocycles. The molecule has 0 bridgehead atoms. The lowest BCUT2D eigenvalue weighted by atomic mass is 10.1. The number of piperazine rings is 1. The molecule has 2 aliphatic heterocycles. The first-order chi connectivity index (χ1) is 18.3. The summed E-state index contributed by atoms with van der Waals surface area (Å²) in [7, 11) is 0. The Kier molecular flexibility index (Phi) is 9.03. The molecule has 38 heavy (non-hydrogen) atoms. The van der Waals surface area contributed by atoms with Gasteiger partial charge in [-0.2, -0.15) is 0 Å². The van der Waals surface area contributed by atoms with Gasteiger partial charge in [-0.3, -0.25) is 19.9 Å². The van der Waals surface area contributed by atoms with Gasteiger partial charge >= 0.3 is 5.97 Å². The number of nitrogens with zero attached hydrogens (tertiary/aromatic N) is 3. The van der Waals surface area contributed by atoms with Crippen LogP contribution in [0.25, 0.3) is 0 Å². The summed E-state index contributed by atoms with van der Waals surface area (Å²) < 4.78 is 7.33. The molecule has 4 N–H and O–H groups in total. The number of nitrogens with one attached hydrogen (secondary N) is 2. The lowest BCUT2D eigenvalue weighted by Crippen LogP contribution is -2.49. The van der Waals surface area contributed by atoms with Gasteiger partial charge in [0.15, 0.2) is 0 Å². The summed E-state index contributed by atoms with van der Waals surface area (Å²) in [5.74, 6) is -0.991. The van der Waals surface area contributed by atoms with Crippen molar-refractivity contribution in [2.45, 2.75) is 25.4 Å². The van der Waals surface area contributed by atoms with Crippen molar-refractivity contribution in [1.82, 2.24) is 14.1 Å². The van der Waals surface area contributed by atoms with Crippen LogP contribution in [-0.2, 0) is 9.53 Å². The molecule has 2 aromatic rings. The molecule has 202 valence electrons. The molecule has 2 atom stereocenters. The number of carbonyl (C=O) groups is 3. The number of esters is 1. The first kappa shape index (κ1) is 27.6. The average Bonchev–Trinajstić information content (AvgIpc) is 3.39. The second-order valence-corrected chi connectivity index (χ2v) is 10.2. The number of amides is 2. The number of benzene rings is 2. The quantitative estimate of drug-likeness (QED) is 0.202. The molecule has 0 aliphatic carbocycles. The number of hydrogen-bond acceptors (Lipinski definition) is 8. The minimum Gasteiger partial charge on any atom is -0.462 e. The zero-order chi connectivity index (χ0) is 27.2. The number of likely N-dealkylation sites (tertiary alicyclic amines) is 1. The van der Waals surface area contributed by atoms with E-state index < -0.39 is 12.0 Å². The lowest BCUT2D eigenvalue weighted by Gasteiger charge is -2.36. The molecule has 0 radical (unpaired) electrons. The normalized spacial score (nSPS) is 20.2. The van der Waals surface area contributed by atoms with Gasteiger partial charge in [-0.1, -0.05) is 24.1 Å². The molecule has 0 unspecified atom stereocenters. The van der Waals surface area contributed by atoms with Crippen LogP contribution >= 0.6 is 11.9 Å². The lowest BCUT2D eigenvalue weighted by molar-refractivity contribution is -0.119. The van der Waals surface area contributed by atoms with E-state index in [9.17, 15) is 14.4 Å². The van der Waals surface area contributed by atoms with E-state index in [1.807, 2.05) is 0 Å². The standard InChI is InChI=1S/C27H34N6O4S/c1-3-37-27(36)20-8-10-21(11-9-20)30-25(34)23-16-22(31-12-14-32(38-2)15-13-31)17-33(23)26(35)19-6-4-18(5-7-19)24(28)29/h4-11,22-23H,3,12-17H2,1-2H3,(H3,28,29)(H,30,34)/t22-,23-/m0/s1. The van der Waals surface area contributed by atoms with Gasteiger partial charge in [0.25, 0.3) is 5.91 Å². The van der Waals surface area contributed by atoms with E-state index in [0.717, 1.165) is 26.2 Å². The van der Waals surface area contributed by atoms with E-state index >= 15 is 0 Å². The maximum atomic E-state index is 13.6. The summed E-state index contributed by atoms with van der Waals surface area (Å²) in [6.07, 6.45) is 2.60. The maximum Gasteiger partial charge on any atom is 0.338 e. The highest BCUT2D eigenvalue weighted by Gasteiger charge is 2.42. The molecular formula is C27H34N6O4S. The number of nitrogens with two attached hydrogens (primary N) is 1. The van der Waals surface area contributed by atoms with E-state index in [0.29, 0.717) is 35.3 Å². The zero-order valence-corrected chi connectivity index (χ0v) is 22.5. The van der Waals surface area contributed by atoms with Gasteiger partial charge in [0.2, 0.25) is 5.91 Å². The van der Waals surface area contributed by atoms with Crippen LogP contribution in [0.3, 0.4) is 0 Å². The smallest absolute Gasteiger partial charge is 0.338 e. The summed E-state index contributed by atoms with van der Waals surface area (Å²) in [6, 6.07) is 12.5. The van der Waals surface area contributed by atoms with E-state index in [1.54, 1.807) is 72.3 Å². The van der Waals surface area contributed by atoms with Crippen molar-refractivity contribution in [1.29, 1.82) is 5.41 Å². The fourth-order valence-electron chi connectivity index (χ4n) is 4.89. The van der Waals surface area contributed by atoms with Crippen LogP contribution in [0.4, 0.5) is 5.69 Å². The fourth-order valence-corrected chi connectivity index (χ4v) is 5.42. The van der Waals surface area contributed by atoms with Crippen LogP contribution in [0.15, 0.2) is 48.5 Å². The summed E-state index contributed by atoms with van der Waals surface area (Å²) in [5.41, 5.74) is 7.48. The summed E-state index contributed by atoms with van der Waals surface area (Å²) in [4.78, 5) is 43.0. The highest BCUT2D eigenvalue weighted by Crippen LogP contribution is 2.27. The highest BCUT2D eigenvalue weighted by atomic mass is 32.2. The van der Waals surface area contributed by atoms with Crippen molar-refractivity contribution >= 4 is 41.3 Å². The van der Waals surface area contributed by atoms with Crippen LogP contribution in [0.1, 0.15) is 39.6 Å². The third-order valence-electron chi connectivity index (χ3n) is 7.00. The molecule has 4 rings (SSSR count). The average molecular weight is 539 g/mol. The zero-order valence-electron chi connectivity index (χ0n) is 21.7. The molecule has 11 heteroatoms. The predicted octanol–water partition coefficient (Wildman–Crippen LogP) is 2.26. The van der Waals surface area contributed by atoms with Crippen molar-refractivity contribution in [2.75, 3.05) is 50.9 Å². The predicted molar refractivity (Wildman–Crippen MR) is 148 cm³/mol.